The van der Waals surface area contributed by atoms with Crippen LogP contribution >= 0.6 is 0 Å². The fourth-order valence-corrected chi connectivity index (χ4v) is 0.435. The van der Waals surface area contributed by atoms with Crippen LogP contribution in [0, 0.1) is 0 Å². The molecule has 9 heavy (non-hydrogen) atoms. The highest BCUT2D eigenvalue weighted by Gasteiger charge is 2.09. The van der Waals surface area contributed by atoms with Gasteiger partial charge in [0.2, 0.25) is 0 Å². The Kier molecular flexibility index (Phi) is 2.50. The van der Waals surface area contributed by atoms with E-state index in [0.717, 1.165) is 0 Å². The summed E-state index contributed by atoms with van der Waals surface area (Å²) in [7, 11) is 0. The second kappa shape index (κ2) is 2.72. The Morgan fingerprint density at radius 2 is 1.89 bits per heavy atom. The Bertz CT molecular complexity index is 117. The quantitative estimate of drug-likeness (QED) is 0.408. The van der Waals surface area contributed by atoms with Crippen LogP contribution < -0.4 is 0 Å². The topological polar surface area (TPSA) is 9.23 Å². The van der Waals surface area contributed by atoms with Crippen molar-refractivity contribution < 1.29 is 4.74 Å². The molecular formula is C8H14O. The molecule has 52 valence electrons. The highest BCUT2D eigenvalue weighted by Crippen LogP contribution is 2.11. The molecule has 0 radical (unpaired) electrons. The summed E-state index contributed by atoms with van der Waals surface area (Å²) in [5, 5.41) is 0. The highest BCUT2D eigenvalue weighted by molar-refractivity contribution is 5.03. The van der Waals surface area contributed by atoms with E-state index in [9.17, 15) is 0 Å². The molecular weight excluding hydrogens is 112 g/mol. The third-order valence-corrected chi connectivity index (χ3v) is 0.665. The first-order valence-corrected chi connectivity index (χ1v) is 2.96. The fraction of sp³-hybridized carbons (Fsp3) is 0.500. The molecule has 0 atom stereocenters. The van der Waals surface area contributed by atoms with Gasteiger partial charge in [-0.05, 0) is 26.8 Å². The van der Waals surface area contributed by atoms with Crippen molar-refractivity contribution >= 4 is 0 Å². The molecule has 0 saturated heterocycles. The number of ether oxygens (including phenoxy) is 1. The van der Waals surface area contributed by atoms with Gasteiger partial charge in [-0.15, -0.1) is 0 Å². The lowest BCUT2D eigenvalue weighted by molar-refractivity contribution is 0.0610. The summed E-state index contributed by atoms with van der Waals surface area (Å²) in [4.78, 5) is 0. The lowest BCUT2D eigenvalue weighted by Gasteiger charge is -2.20. The van der Waals surface area contributed by atoms with E-state index >= 15 is 0 Å². The van der Waals surface area contributed by atoms with Gasteiger partial charge in [0.25, 0.3) is 0 Å². The maximum atomic E-state index is 5.27. The van der Waals surface area contributed by atoms with E-state index in [2.05, 4.69) is 13.2 Å². The van der Waals surface area contributed by atoms with Gasteiger partial charge in [-0.25, -0.2) is 0 Å². The zero-order valence-electron chi connectivity index (χ0n) is 6.40. The smallest absolute Gasteiger partial charge is 0.112 e. The molecule has 0 aromatic rings. The van der Waals surface area contributed by atoms with Gasteiger partial charge in [0, 0.05) is 0 Å². The van der Waals surface area contributed by atoms with Crippen LogP contribution in [0.5, 0.6) is 0 Å². The van der Waals surface area contributed by atoms with Gasteiger partial charge < -0.3 is 4.74 Å². The number of rotatable bonds is 2. The van der Waals surface area contributed by atoms with E-state index in [4.69, 9.17) is 4.74 Å². The van der Waals surface area contributed by atoms with Gasteiger partial charge in [-0.2, -0.15) is 0 Å². The standard InChI is InChI=1S/C8H14O/c1-6-7(2)9-8(3,4)5/h6H,1-2H2,3-5H3. The Hall–Kier alpha value is -0.720. The zero-order chi connectivity index (χ0) is 7.49. The Morgan fingerprint density at radius 3 is 2.00 bits per heavy atom. The summed E-state index contributed by atoms with van der Waals surface area (Å²) < 4.78 is 5.27. The SMILES string of the molecule is C=CC(=C)OC(C)(C)C. The minimum absolute atomic E-state index is 0.148. The van der Waals surface area contributed by atoms with Gasteiger partial charge >= 0.3 is 0 Å². The van der Waals surface area contributed by atoms with Crippen molar-refractivity contribution in [2.75, 3.05) is 0 Å². The molecule has 0 N–H and O–H groups in total. The minimum atomic E-state index is -0.148. The van der Waals surface area contributed by atoms with Gasteiger partial charge in [0.1, 0.15) is 11.4 Å². The van der Waals surface area contributed by atoms with Crippen molar-refractivity contribution in [2.45, 2.75) is 26.4 Å². The van der Waals surface area contributed by atoms with Crippen molar-refractivity contribution in [1.29, 1.82) is 0 Å². The maximum absolute atomic E-state index is 5.27. The fourth-order valence-electron chi connectivity index (χ4n) is 0.435. The van der Waals surface area contributed by atoms with Crippen molar-refractivity contribution in [3.63, 3.8) is 0 Å². The number of hydrogen-bond acceptors (Lipinski definition) is 1. The summed E-state index contributed by atoms with van der Waals surface area (Å²) in [6.07, 6.45) is 1.60. The predicted molar refractivity (Wildman–Crippen MR) is 40.2 cm³/mol. The molecule has 0 fully saturated rings. The molecule has 0 aromatic carbocycles. The van der Waals surface area contributed by atoms with Crippen LogP contribution in [0.4, 0.5) is 0 Å². The summed E-state index contributed by atoms with van der Waals surface area (Å²) >= 11 is 0. The molecule has 0 spiro atoms. The predicted octanol–water partition coefficient (Wildman–Crippen LogP) is 2.50. The minimum Gasteiger partial charge on any atom is -0.489 e. The summed E-state index contributed by atoms with van der Waals surface area (Å²) in [6.45, 7) is 13.1. The third-order valence-electron chi connectivity index (χ3n) is 0.665. The largest absolute Gasteiger partial charge is 0.489 e. The molecule has 0 aliphatic carbocycles. The molecule has 0 heterocycles. The Morgan fingerprint density at radius 1 is 1.44 bits per heavy atom. The Labute approximate surface area is 57.0 Å². The summed E-state index contributed by atoms with van der Waals surface area (Å²) in [5.74, 6) is 0.627. The van der Waals surface area contributed by atoms with Crippen molar-refractivity contribution in [3.8, 4) is 0 Å². The second-order valence-electron chi connectivity index (χ2n) is 2.88. The van der Waals surface area contributed by atoms with E-state index in [1.165, 1.54) is 0 Å². The molecule has 0 aliphatic heterocycles. The van der Waals surface area contributed by atoms with Crippen LogP contribution in [0.15, 0.2) is 25.0 Å². The Balaban J connectivity index is 3.74. The van der Waals surface area contributed by atoms with Crippen molar-refractivity contribution in [3.05, 3.63) is 25.0 Å². The molecule has 1 heteroatoms. The van der Waals surface area contributed by atoms with Crippen molar-refractivity contribution in [2.24, 2.45) is 0 Å². The normalized spacial score (nSPS) is 10.6. The molecule has 0 saturated carbocycles. The molecule has 0 amide bonds. The van der Waals surface area contributed by atoms with E-state index < -0.39 is 0 Å². The van der Waals surface area contributed by atoms with Crippen LogP contribution in [0.1, 0.15) is 20.8 Å². The third kappa shape index (κ3) is 5.15. The van der Waals surface area contributed by atoms with E-state index in [0.29, 0.717) is 5.76 Å². The first-order chi connectivity index (χ1) is 3.95. The lowest BCUT2D eigenvalue weighted by Crippen LogP contribution is -2.17. The first kappa shape index (κ1) is 8.28. The number of hydrogen-bond donors (Lipinski definition) is 0. The maximum Gasteiger partial charge on any atom is 0.112 e. The van der Waals surface area contributed by atoms with E-state index in [1.54, 1.807) is 6.08 Å². The molecule has 1 nitrogen and oxygen atoms in total. The van der Waals surface area contributed by atoms with E-state index in [-0.39, 0.29) is 5.60 Å². The van der Waals surface area contributed by atoms with Gasteiger partial charge in [0.15, 0.2) is 0 Å². The second-order valence-corrected chi connectivity index (χ2v) is 2.88. The van der Waals surface area contributed by atoms with Gasteiger partial charge in [-0.1, -0.05) is 13.2 Å². The monoisotopic (exact) mass is 126 g/mol. The molecule has 0 aliphatic rings. The van der Waals surface area contributed by atoms with E-state index in [1.807, 2.05) is 20.8 Å². The molecule has 0 aromatic heterocycles. The van der Waals surface area contributed by atoms with Crippen LogP contribution in [0.3, 0.4) is 0 Å². The first-order valence-electron chi connectivity index (χ1n) is 2.96. The molecule has 0 unspecified atom stereocenters. The van der Waals surface area contributed by atoms with Gasteiger partial charge in [0.05, 0.1) is 0 Å². The van der Waals surface area contributed by atoms with Crippen LogP contribution in [0.25, 0.3) is 0 Å². The average molecular weight is 126 g/mol. The van der Waals surface area contributed by atoms with Crippen LogP contribution in [-0.2, 0) is 4.74 Å². The van der Waals surface area contributed by atoms with Crippen LogP contribution in [0.2, 0.25) is 0 Å². The van der Waals surface area contributed by atoms with Gasteiger partial charge in [-0.3, -0.25) is 0 Å². The number of allylic oxidation sites excluding steroid dienone is 1. The zero-order valence-corrected chi connectivity index (χ0v) is 6.40. The molecule has 0 bridgehead atoms. The summed E-state index contributed by atoms with van der Waals surface area (Å²) in [6, 6.07) is 0. The van der Waals surface area contributed by atoms with Crippen molar-refractivity contribution in [1.82, 2.24) is 0 Å². The lowest BCUT2D eigenvalue weighted by atomic mass is 10.2. The molecule has 0 rings (SSSR count). The summed E-state index contributed by atoms with van der Waals surface area (Å²) in [5.41, 5.74) is -0.148. The average Bonchev–Trinajstić information content (AvgIpc) is 1.62. The highest BCUT2D eigenvalue weighted by atomic mass is 16.5. The van der Waals surface area contributed by atoms with Crippen LogP contribution in [-0.4, -0.2) is 5.60 Å².